The number of carbonyl (C=O) groups excluding carboxylic acids is 3. The Morgan fingerprint density at radius 3 is 2.43 bits per heavy atom. The van der Waals surface area contributed by atoms with Crippen molar-refractivity contribution < 1.29 is 23.5 Å². The molecule has 0 aliphatic carbocycles. The highest BCUT2D eigenvalue weighted by atomic mass is 79.9. The lowest BCUT2D eigenvalue weighted by molar-refractivity contribution is -0.115. The van der Waals surface area contributed by atoms with E-state index in [1.165, 1.54) is 6.92 Å². The molecule has 1 aromatic rings. The van der Waals surface area contributed by atoms with Gasteiger partial charge in [-0.3, -0.25) is 14.9 Å². The SMILES string of the molecule is CCOC(=O)c1c(C)oc(NC(=O)C(Br)CC)c1C(N)=O. The molecule has 0 radical (unpaired) electrons. The topological polar surface area (TPSA) is 112 Å². The highest BCUT2D eigenvalue weighted by Crippen LogP contribution is 2.28. The van der Waals surface area contributed by atoms with Crippen molar-refractivity contribution in [3.63, 3.8) is 0 Å². The molecule has 7 nitrogen and oxygen atoms in total. The van der Waals surface area contributed by atoms with Gasteiger partial charge < -0.3 is 14.9 Å². The maximum Gasteiger partial charge on any atom is 0.342 e. The standard InChI is InChI=1S/C13H17BrN2O5/c1-4-7(14)11(18)16-12-9(10(15)17)8(6(3)21-12)13(19)20-5-2/h7H,4-5H2,1-3H3,(H2,15,17)(H,16,18). The molecule has 1 aromatic heterocycles. The summed E-state index contributed by atoms with van der Waals surface area (Å²) in [5.74, 6) is -2.00. The molecule has 0 saturated carbocycles. The predicted molar refractivity (Wildman–Crippen MR) is 79.6 cm³/mol. The van der Waals surface area contributed by atoms with Crippen LogP contribution in [0, 0.1) is 6.92 Å². The van der Waals surface area contributed by atoms with E-state index in [0.717, 1.165) is 0 Å². The lowest BCUT2D eigenvalue weighted by atomic mass is 10.1. The zero-order valence-corrected chi connectivity index (χ0v) is 13.6. The van der Waals surface area contributed by atoms with Gasteiger partial charge in [0.2, 0.25) is 11.8 Å². The van der Waals surface area contributed by atoms with E-state index in [4.69, 9.17) is 14.9 Å². The number of esters is 1. The number of anilines is 1. The number of carbonyl (C=O) groups is 3. The predicted octanol–water partition coefficient (Wildman–Crippen LogP) is 1.98. The first-order chi connectivity index (χ1) is 9.83. The second-order valence-corrected chi connectivity index (χ2v) is 5.29. The van der Waals surface area contributed by atoms with E-state index in [0.29, 0.717) is 6.42 Å². The van der Waals surface area contributed by atoms with Crippen molar-refractivity contribution in [2.75, 3.05) is 11.9 Å². The molecule has 3 N–H and O–H groups in total. The molecule has 0 aromatic carbocycles. The van der Waals surface area contributed by atoms with E-state index < -0.39 is 22.6 Å². The largest absolute Gasteiger partial charge is 0.462 e. The van der Waals surface area contributed by atoms with Crippen LogP contribution in [0.4, 0.5) is 5.88 Å². The zero-order valence-electron chi connectivity index (χ0n) is 12.0. The molecule has 0 spiro atoms. The number of hydrogen-bond donors (Lipinski definition) is 2. The average Bonchev–Trinajstić information content (AvgIpc) is 2.74. The van der Waals surface area contributed by atoms with E-state index in [2.05, 4.69) is 21.2 Å². The number of amides is 2. The maximum absolute atomic E-state index is 11.9. The van der Waals surface area contributed by atoms with Crippen LogP contribution < -0.4 is 11.1 Å². The van der Waals surface area contributed by atoms with Gasteiger partial charge in [0.25, 0.3) is 5.91 Å². The number of rotatable bonds is 6. The molecule has 8 heteroatoms. The van der Waals surface area contributed by atoms with Crippen molar-refractivity contribution in [3.8, 4) is 0 Å². The Labute approximate surface area is 130 Å². The van der Waals surface area contributed by atoms with Gasteiger partial charge in [0.05, 0.1) is 11.4 Å². The first-order valence-corrected chi connectivity index (χ1v) is 7.30. The summed E-state index contributed by atoms with van der Waals surface area (Å²) >= 11 is 3.18. The lowest BCUT2D eigenvalue weighted by Gasteiger charge is -2.07. The van der Waals surface area contributed by atoms with Gasteiger partial charge >= 0.3 is 5.97 Å². The normalized spacial score (nSPS) is 11.8. The Kier molecular flexibility index (Phi) is 5.95. The van der Waals surface area contributed by atoms with Crippen LogP contribution in [-0.2, 0) is 9.53 Å². The summed E-state index contributed by atoms with van der Waals surface area (Å²) in [5.41, 5.74) is 5.02. The minimum atomic E-state index is -0.882. The Balaban J connectivity index is 3.22. The van der Waals surface area contributed by atoms with Gasteiger partial charge in [-0.2, -0.15) is 0 Å². The highest BCUT2D eigenvalue weighted by Gasteiger charge is 2.29. The molecule has 0 saturated heterocycles. The highest BCUT2D eigenvalue weighted by molar-refractivity contribution is 9.10. The maximum atomic E-state index is 11.9. The molecular weight excluding hydrogens is 344 g/mol. The second-order valence-electron chi connectivity index (χ2n) is 4.19. The van der Waals surface area contributed by atoms with Crippen LogP contribution in [0.1, 0.15) is 46.7 Å². The number of aryl methyl sites for hydroxylation is 1. The fourth-order valence-electron chi connectivity index (χ4n) is 1.69. The second kappa shape index (κ2) is 7.26. The Hall–Kier alpha value is -1.83. The number of halogens is 1. The fraction of sp³-hybridized carbons (Fsp3) is 0.462. The smallest absolute Gasteiger partial charge is 0.342 e. The number of furan rings is 1. The van der Waals surface area contributed by atoms with Crippen molar-refractivity contribution >= 4 is 39.6 Å². The van der Waals surface area contributed by atoms with Gasteiger partial charge in [-0.25, -0.2) is 4.79 Å². The quantitative estimate of drug-likeness (QED) is 0.594. The minimum Gasteiger partial charge on any atom is -0.462 e. The van der Waals surface area contributed by atoms with E-state index in [9.17, 15) is 14.4 Å². The van der Waals surface area contributed by atoms with Crippen LogP contribution in [-0.4, -0.2) is 29.2 Å². The van der Waals surface area contributed by atoms with Gasteiger partial charge in [-0.05, 0) is 20.3 Å². The van der Waals surface area contributed by atoms with Gasteiger partial charge in [-0.15, -0.1) is 0 Å². The number of nitrogens with two attached hydrogens (primary N) is 1. The third-order valence-electron chi connectivity index (χ3n) is 2.69. The van der Waals surface area contributed by atoms with Crippen LogP contribution >= 0.6 is 15.9 Å². The third-order valence-corrected chi connectivity index (χ3v) is 3.75. The van der Waals surface area contributed by atoms with Gasteiger partial charge in [0.1, 0.15) is 16.9 Å². The molecule has 21 heavy (non-hydrogen) atoms. The minimum absolute atomic E-state index is 0.0673. The third kappa shape index (κ3) is 3.84. The van der Waals surface area contributed by atoms with Crippen LogP contribution in [0.3, 0.4) is 0 Å². The number of hydrogen-bond acceptors (Lipinski definition) is 5. The number of primary amides is 1. The summed E-state index contributed by atoms with van der Waals surface area (Å²) in [6.45, 7) is 5.07. The monoisotopic (exact) mass is 360 g/mol. The summed E-state index contributed by atoms with van der Waals surface area (Å²) < 4.78 is 10.1. The molecule has 0 fully saturated rings. The van der Waals surface area contributed by atoms with Crippen LogP contribution in [0.15, 0.2) is 4.42 Å². The van der Waals surface area contributed by atoms with Crippen LogP contribution in [0.2, 0.25) is 0 Å². The summed E-state index contributed by atoms with van der Waals surface area (Å²) in [4.78, 5) is 34.8. The summed E-state index contributed by atoms with van der Waals surface area (Å²) in [6, 6.07) is 0. The molecule has 0 bridgehead atoms. The van der Waals surface area contributed by atoms with Gasteiger partial charge in [0.15, 0.2) is 0 Å². The van der Waals surface area contributed by atoms with Crippen molar-refractivity contribution in [1.82, 2.24) is 0 Å². The van der Waals surface area contributed by atoms with Crippen molar-refractivity contribution in [2.24, 2.45) is 5.73 Å². The van der Waals surface area contributed by atoms with E-state index >= 15 is 0 Å². The molecule has 0 aliphatic rings. The number of nitrogens with one attached hydrogen (secondary N) is 1. The molecule has 1 atom stereocenters. The first-order valence-electron chi connectivity index (χ1n) is 6.38. The van der Waals surface area contributed by atoms with Gasteiger partial charge in [0, 0.05) is 0 Å². The van der Waals surface area contributed by atoms with E-state index in [1.54, 1.807) is 6.92 Å². The van der Waals surface area contributed by atoms with Crippen LogP contribution in [0.5, 0.6) is 0 Å². The Morgan fingerprint density at radius 2 is 1.95 bits per heavy atom. The summed E-state index contributed by atoms with van der Waals surface area (Å²) in [6.07, 6.45) is 0.544. The molecule has 1 rings (SSSR count). The van der Waals surface area contributed by atoms with Crippen molar-refractivity contribution in [3.05, 3.63) is 16.9 Å². The fourth-order valence-corrected chi connectivity index (χ4v) is 1.81. The molecule has 0 aliphatic heterocycles. The lowest BCUT2D eigenvalue weighted by Crippen LogP contribution is -2.24. The number of alkyl halides is 1. The molecular formula is C13H17BrN2O5. The Bertz CT molecular complexity index is 567. The Morgan fingerprint density at radius 1 is 1.33 bits per heavy atom. The molecule has 2 amide bonds. The van der Waals surface area contributed by atoms with Crippen molar-refractivity contribution in [1.29, 1.82) is 0 Å². The summed E-state index contributed by atoms with van der Waals surface area (Å²) in [5, 5.41) is 2.44. The van der Waals surface area contributed by atoms with Crippen LogP contribution in [0.25, 0.3) is 0 Å². The molecule has 1 heterocycles. The summed E-state index contributed by atoms with van der Waals surface area (Å²) in [7, 11) is 0. The number of ether oxygens (including phenoxy) is 1. The average molecular weight is 361 g/mol. The molecule has 116 valence electrons. The zero-order chi connectivity index (χ0) is 16.2. The molecule has 1 unspecified atom stereocenters. The van der Waals surface area contributed by atoms with Crippen molar-refractivity contribution in [2.45, 2.75) is 32.0 Å². The van der Waals surface area contributed by atoms with E-state index in [1.807, 2.05) is 6.92 Å². The van der Waals surface area contributed by atoms with Gasteiger partial charge in [-0.1, -0.05) is 22.9 Å². The van der Waals surface area contributed by atoms with E-state index in [-0.39, 0.29) is 29.4 Å². The first kappa shape index (κ1) is 17.2.